The van der Waals surface area contributed by atoms with Gasteiger partial charge in [-0.05, 0) is 61.6 Å². The molecule has 1 aromatic carbocycles. The number of fused-ring (bicyclic) bond motifs is 1. The van der Waals surface area contributed by atoms with Crippen molar-refractivity contribution in [1.82, 2.24) is 14.8 Å². The zero-order valence-electron chi connectivity index (χ0n) is 19.9. The van der Waals surface area contributed by atoms with Crippen LogP contribution in [0.4, 0.5) is 0 Å². The Morgan fingerprint density at radius 2 is 1.85 bits per heavy atom. The lowest BCUT2D eigenvalue weighted by Crippen LogP contribution is -2.68. The average Bonchev–Trinajstić information content (AvgIpc) is 3.37. The largest absolute Gasteiger partial charge is 0.395 e. The number of rotatable bonds is 4. The van der Waals surface area contributed by atoms with Crippen LogP contribution in [0.3, 0.4) is 0 Å². The van der Waals surface area contributed by atoms with Gasteiger partial charge in [0.2, 0.25) is 5.91 Å². The highest BCUT2D eigenvalue weighted by Crippen LogP contribution is 2.42. The first kappa shape index (κ1) is 23.1. The highest BCUT2D eigenvalue weighted by atomic mass is 16.3. The molecule has 0 unspecified atom stereocenters. The van der Waals surface area contributed by atoms with Crippen LogP contribution in [0.25, 0.3) is 0 Å². The number of aliphatic hydroxyl groups is 1. The number of benzene rings is 1. The maximum atomic E-state index is 13.1. The summed E-state index contributed by atoms with van der Waals surface area (Å²) in [6, 6.07) is 12.8. The molecular formula is C29H35N3O2. The number of aromatic nitrogens is 1. The minimum atomic E-state index is 0.119. The molecule has 1 aliphatic carbocycles. The average molecular weight is 458 g/mol. The summed E-state index contributed by atoms with van der Waals surface area (Å²) < 4.78 is 0. The Balaban J connectivity index is 1.30. The van der Waals surface area contributed by atoms with Gasteiger partial charge < -0.3 is 10.0 Å². The van der Waals surface area contributed by atoms with Gasteiger partial charge in [-0.25, -0.2) is 0 Å². The van der Waals surface area contributed by atoms with Crippen LogP contribution >= 0.6 is 0 Å². The van der Waals surface area contributed by atoms with Crippen LogP contribution in [-0.2, 0) is 11.2 Å². The number of carbonyl (C=O) groups is 1. The first-order valence-electron chi connectivity index (χ1n) is 12.9. The molecule has 3 atom stereocenters. The van der Waals surface area contributed by atoms with E-state index in [9.17, 15) is 9.90 Å². The van der Waals surface area contributed by atoms with E-state index in [0.717, 1.165) is 37.1 Å². The molecule has 34 heavy (non-hydrogen) atoms. The Labute approximate surface area is 203 Å². The van der Waals surface area contributed by atoms with Crippen LogP contribution < -0.4 is 0 Å². The number of pyridine rings is 1. The summed E-state index contributed by atoms with van der Waals surface area (Å²) in [7, 11) is 0. The van der Waals surface area contributed by atoms with E-state index in [1.807, 2.05) is 17.0 Å². The molecule has 3 aliphatic rings. The highest BCUT2D eigenvalue weighted by Gasteiger charge is 2.49. The SMILES string of the molecule is O=C(Cc1cccnc1)N1CCCCN2[C@H](CO)[C@H](c3ccc(C#CC4CCCC4)cc3)[C@H]2C1. The lowest BCUT2D eigenvalue weighted by Gasteiger charge is -2.57. The van der Waals surface area contributed by atoms with Gasteiger partial charge in [0.05, 0.1) is 13.0 Å². The van der Waals surface area contributed by atoms with Crippen molar-refractivity contribution in [2.75, 3.05) is 26.2 Å². The Hall–Kier alpha value is -2.68. The van der Waals surface area contributed by atoms with E-state index in [1.165, 1.54) is 31.2 Å². The molecule has 0 radical (unpaired) electrons. The summed E-state index contributed by atoms with van der Waals surface area (Å²) in [5.41, 5.74) is 3.27. The molecule has 178 valence electrons. The predicted molar refractivity (Wildman–Crippen MR) is 133 cm³/mol. The molecule has 5 rings (SSSR count). The molecule has 5 nitrogen and oxygen atoms in total. The minimum Gasteiger partial charge on any atom is -0.395 e. The molecule has 1 amide bonds. The first-order chi connectivity index (χ1) is 16.7. The molecule has 2 saturated heterocycles. The fraction of sp³-hybridized carbons (Fsp3) is 0.517. The summed E-state index contributed by atoms with van der Waals surface area (Å²) in [5.74, 6) is 7.77. The monoisotopic (exact) mass is 457 g/mol. The van der Waals surface area contributed by atoms with Crippen molar-refractivity contribution in [2.45, 2.75) is 62.9 Å². The minimum absolute atomic E-state index is 0.119. The van der Waals surface area contributed by atoms with Crippen LogP contribution in [0.1, 0.15) is 61.1 Å². The molecule has 0 bridgehead atoms. The molecule has 2 aliphatic heterocycles. The standard InChI is InChI=1S/C29H35N3O2/c33-21-27-29(25-13-11-23(12-14-25)10-9-22-6-1-2-7-22)26-20-31(16-3-4-17-32(26)27)28(34)18-24-8-5-15-30-19-24/h5,8,11-15,19,22,26-27,29,33H,1-4,6-7,16-18,20-21H2/t26-,27-,29-/m1/s1. The van der Waals surface area contributed by atoms with E-state index < -0.39 is 0 Å². The quantitative estimate of drug-likeness (QED) is 0.713. The zero-order valence-corrected chi connectivity index (χ0v) is 19.9. The van der Waals surface area contributed by atoms with Crippen molar-refractivity contribution in [1.29, 1.82) is 0 Å². The number of carbonyl (C=O) groups excluding carboxylic acids is 1. The van der Waals surface area contributed by atoms with E-state index in [1.54, 1.807) is 12.4 Å². The van der Waals surface area contributed by atoms with Crippen LogP contribution in [0, 0.1) is 17.8 Å². The van der Waals surface area contributed by atoms with Crippen molar-refractivity contribution in [2.24, 2.45) is 5.92 Å². The molecule has 2 aromatic rings. The summed E-state index contributed by atoms with van der Waals surface area (Å²) in [4.78, 5) is 21.7. The maximum absolute atomic E-state index is 13.1. The van der Waals surface area contributed by atoms with Crippen LogP contribution in [0.5, 0.6) is 0 Å². The normalized spacial score (nSPS) is 25.4. The fourth-order valence-corrected chi connectivity index (χ4v) is 6.00. The van der Waals surface area contributed by atoms with E-state index in [4.69, 9.17) is 0 Å². The molecule has 1 saturated carbocycles. The number of nitrogens with zero attached hydrogens (tertiary/aromatic N) is 3. The summed E-state index contributed by atoms with van der Waals surface area (Å²) >= 11 is 0. The Kier molecular flexibility index (Phi) is 7.27. The number of hydrogen-bond donors (Lipinski definition) is 1. The van der Waals surface area contributed by atoms with Crippen molar-refractivity contribution in [3.63, 3.8) is 0 Å². The van der Waals surface area contributed by atoms with Gasteiger partial charge in [0, 0.05) is 55.0 Å². The molecule has 3 fully saturated rings. The molecule has 3 heterocycles. The van der Waals surface area contributed by atoms with E-state index in [2.05, 4.69) is 46.0 Å². The van der Waals surface area contributed by atoms with E-state index in [-0.39, 0.29) is 30.5 Å². The number of amides is 1. The van der Waals surface area contributed by atoms with Gasteiger partial charge in [0.25, 0.3) is 0 Å². The summed E-state index contributed by atoms with van der Waals surface area (Å²) in [6.07, 6.45) is 11.0. The predicted octanol–water partition coefficient (Wildman–Crippen LogP) is 3.62. The lowest BCUT2D eigenvalue weighted by molar-refractivity contribution is -0.135. The Bertz CT molecular complexity index is 1020. The fourth-order valence-electron chi connectivity index (χ4n) is 6.00. The summed E-state index contributed by atoms with van der Waals surface area (Å²) in [5, 5.41) is 10.2. The van der Waals surface area contributed by atoms with Gasteiger partial charge in [-0.1, -0.05) is 42.9 Å². The van der Waals surface area contributed by atoms with Gasteiger partial charge in [0.1, 0.15) is 0 Å². The zero-order chi connectivity index (χ0) is 23.3. The molecule has 5 heteroatoms. The Morgan fingerprint density at radius 3 is 2.59 bits per heavy atom. The lowest BCUT2D eigenvalue weighted by atomic mass is 9.74. The maximum Gasteiger partial charge on any atom is 0.227 e. The van der Waals surface area contributed by atoms with Gasteiger partial charge in [0.15, 0.2) is 0 Å². The van der Waals surface area contributed by atoms with Crippen molar-refractivity contribution in [3.05, 3.63) is 65.5 Å². The van der Waals surface area contributed by atoms with E-state index >= 15 is 0 Å². The highest BCUT2D eigenvalue weighted by molar-refractivity contribution is 5.78. The van der Waals surface area contributed by atoms with Crippen LogP contribution in [0.15, 0.2) is 48.8 Å². The number of aliphatic hydroxyl groups excluding tert-OH is 1. The third-order valence-corrected chi connectivity index (χ3v) is 7.87. The third-order valence-electron chi connectivity index (χ3n) is 7.87. The molecule has 1 aromatic heterocycles. The van der Waals surface area contributed by atoms with Crippen LogP contribution in [-0.4, -0.2) is 64.1 Å². The van der Waals surface area contributed by atoms with Gasteiger partial charge in [-0.2, -0.15) is 0 Å². The topological polar surface area (TPSA) is 56.7 Å². The number of hydrogen-bond acceptors (Lipinski definition) is 4. The Morgan fingerprint density at radius 1 is 1.06 bits per heavy atom. The van der Waals surface area contributed by atoms with Gasteiger partial charge >= 0.3 is 0 Å². The van der Waals surface area contributed by atoms with Crippen molar-refractivity contribution >= 4 is 5.91 Å². The summed E-state index contributed by atoms with van der Waals surface area (Å²) in [6.45, 7) is 2.65. The van der Waals surface area contributed by atoms with Crippen molar-refractivity contribution < 1.29 is 9.90 Å². The van der Waals surface area contributed by atoms with Gasteiger partial charge in [-0.3, -0.25) is 14.7 Å². The molecule has 1 N–H and O–H groups in total. The third kappa shape index (κ3) is 5.04. The van der Waals surface area contributed by atoms with E-state index in [0.29, 0.717) is 18.9 Å². The first-order valence-corrected chi connectivity index (χ1v) is 12.9. The molecular weight excluding hydrogens is 422 g/mol. The smallest absolute Gasteiger partial charge is 0.227 e. The van der Waals surface area contributed by atoms with Gasteiger partial charge in [-0.15, -0.1) is 0 Å². The second kappa shape index (κ2) is 10.7. The molecule has 0 spiro atoms. The van der Waals surface area contributed by atoms with Crippen LogP contribution in [0.2, 0.25) is 0 Å². The van der Waals surface area contributed by atoms with Crippen molar-refractivity contribution in [3.8, 4) is 11.8 Å². The second-order valence-corrected chi connectivity index (χ2v) is 10.0. The second-order valence-electron chi connectivity index (χ2n) is 10.0.